The van der Waals surface area contributed by atoms with Crippen LogP contribution in [0.5, 0.6) is 0 Å². The molecule has 2 aliphatic heterocycles. The van der Waals surface area contributed by atoms with E-state index in [1.54, 1.807) is 11.4 Å². The van der Waals surface area contributed by atoms with Crippen molar-refractivity contribution in [2.75, 3.05) is 33.0 Å². The Kier molecular flexibility index (Phi) is 4.54. The van der Waals surface area contributed by atoms with E-state index in [1.807, 2.05) is 11.0 Å². The number of carbonyl (C=O) groups excluding carboxylic acids is 1. The van der Waals surface area contributed by atoms with E-state index in [9.17, 15) is 9.18 Å². The summed E-state index contributed by atoms with van der Waals surface area (Å²) in [5, 5.41) is 2.59. The van der Waals surface area contributed by atoms with Gasteiger partial charge in [0.2, 0.25) is 0 Å². The first kappa shape index (κ1) is 16.6. The lowest BCUT2D eigenvalue weighted by Gasteiger charge is -2.43. The van der Waals surface area contributed by atoms with Crippen molar-refractivity contribution in [3.05, 3.63) is 51.7 Å². The molecule has 0 aliphatic carbocycles. The Labute approximate surface area is 149 Å². The van der Waals surface area contributed by atoms with Crippen molar-refractivity contribution in [2.45, 2.75) is 18.4 Å². The van der Waals surface area contributed by atoms with E-state index in [2.05, 4.69) is 4.98 Å². The van der Waals surface area contributed by atoms with Crippen LogP contribution >= 0.6 is 11.3 Å². The van der Waals surface area contributed by atoms with E-state index in [0.717, 1.165) is 17.0 Å². The molecule has 4 rings (SSSR count). The maximum atomic E-state index is 13.3. The van der Waals surface area contributed by atoms with E-state index in [-0.39, 0.29) is 17.3 Å². The minimum Gasteiger partial charge on any atom is -0.379 e. The molecule has 7 heteroatoms. The van der Waals surface area contributed by atoms with Gasteiger partial charge in [-0.05, 0) is 24.1 Å². The van der Waals surface area contributed by atoms with Crippen LogP contribution in [0.15, 0.2) is 29.6 Å². The fraction of sp³-hybridized carbons (Fsp3) is 0.444. The predicted molar refractivity (Wildman–Crippen MR) is 91.3 cm³/mol. The van der Waals surface area contributed by atoms with Gasteiger partial charge in [0.05, 0.1) is 30.4 Å². The standard InChI is InChI=1S/C18H19FN2O3S/c19-14-3-1-2-13(8-14)9-16-20-15(10-25-16)17(22)21-5-7-24-12-18(21)4-6-23-11-18/h1-3,8,10H,4-7,9,11-12H2. The molecular weight excluding hydrogens is 343 g/mol. The summed E-state index contributed by atoms with van der Waals surface area (Å²) in [5.74, 6) is -0.336. The van der Waals surface area contributed by atoms with Crippen LogP contribution in [0.2, 0.25) is 0 Å². The molecule has 132 valence electrons. The number of halogens is 1. The fourth-order valence-corrected chi connectivity index (χ4v) is 4.23. The lowest BCUT2D eigenvalue weighted by atomic mass is 9.95. The van der Waals surface area contributed by atoms with Crippen LogP contribution in [-0.4, -0.2) is 54.3 Å². The Morgan fingerprint density at radius 2 is 2.16 bits per heavy atom. The molecule has 0 saturated carbocycles. The fourth-order valence-electron chi connectivity index (χ4n) is 3.42. The molecule has 2 aromatic rings. The lowest BCUT2D eigenvalue weighted by Crippen LogP contribution is -2.59. The van der Waals surface area contributed by atoms with Crippen molar-refractivity contribution in [2.24, 2.45) is 0 Å². The molecule has 0 radical (unpaired) electrons. The zero-order chi connectivity index (χ0) is 17.3. The number of ether oxygens (including phenoxy) is 2. The largest absolute Gasteiger partial charge is 0.379 e. The number of thiazole rings is 1. The van der Waals surface area contributed by atoms with E-state index < -0.39 is 0 Å². The minimum absolute atomic E-state index is 0.0736. The quantitative estimate of drug-likeness (QED) is 0.842. The molecule has 1 spiro atoms. The molecule has 1 amide bonds. The molecule has 0 N–H and O–H groups in total. The monoisotopic (exact) mass is 362 g/mol. The highest BCUT2D eigenvalue weighted by molar-refractivity contribution is 7.09. The van der Waals surface area contributed by atoms with Crippen molar-refractivity contribution in [3.63, 3.8) is 0 Å². The van der Waals surface area contributed by atoms with Crippen molar-refractivity contribution in [3.8, 4) is 0 Å². The normalized spacial score (nSPS) is 23.3. The molecule has 1 aromatic carbocycles. The average Bonchev–Trinajstić information content (AvgIpc) is 3.25. The first-order valence-electron chi connectivity index (χ1n) is 8.33. The Morgan fingerprint density at radius 3 is 2.96 bits per heavy atom. The van der Waals surface area contributed by atoms with Gasteiger partial charge < -0.3 is 14.4 Å². The number of carbonyl (C=O) groups is 1. The number of benzene rings is 1. The molecule has 1 aromatic heterocycles. The second kappa shape index (κ2) is 6.82. The second-order valence-electron chi connectivity index (χ2n) is 6.47. The molecule has 2 saturated heterocycles. The lowest BCUT2D eigenvalue weighted by molar-refractivity contribution is -0.0552. The summed E-state index contributed by atoms with van der Waals surface area (Å²) in [6.07, 6.45) is 1.31. The highest BCUT2D eigenvalue weighted by Gasteiger charge is 2.46. The van der Waals surface area contributed by atoms with Gasteiger partial charge >= 0.3 is 0 Å². The molecule has 0 bridgehead atoms. The van der Waals surface area contributed by atoms with Crippen molar-refractivity contribution in [1.82, 2.24) is 9.88 Å². The smallest absolute Gasteiger partial charge is 0.274 e. The van der Waals surface area contributed by atoms with Crippen LogP contribution in [0.1, 0.15) is 27.5 Å². The van der Waals surface area contributed by atoms with Gasteiger partial charge in [0.1, 0.15) is 11.5 Å². The average molecular weight is 362 g/mol. The number of nitrogens with zero attached hydrogens (tertiary/aromatic N) is 2. The molecule has 25 heavy (non-hydrogen) atoms. The molecular formula is C18H19FN2O3S. The maximum Gasteiger partial charge on any atom is 0.274 e. The zero-order valence-corrected chi connectivity index (χ0v) is 14.6. The maximum absolute atomic E-state index is 13.3. The topological polar surface area (TPSA) is 51.7 Å². The first-order chi connectivity index (χ1) is 12.2. The number of rotatable bonds is 3. The van der Waals surface area contributed by atoms with Crippen molar-refractivity contribution < 1.29 is 18.7 Å². The van der Waals surface area contributed by atoms with Crippen molar-refractivity contribution in [1.29, 1.82) is 0 Å². The number of hydrogen-bond acceptors (Lipinski definition) is 5. The van der Waals surface area contributed by atoms with Crippen LogP contribution in [0.3, 0.4) is 0 Å². The van der Waals surface area contributed by atoms with Gasteiger partial charge in [-0.3, -0.25) is 4.79 Å². The summed E-state index contributed by atoms with van der Waals surface area (Å²) in [7, 11) is 0. The minimum atomic E-state index is -0.359. The highest BCUT2D eigenvalue weighted by atomic mass is 32.1. The van der Waals surface area contributed by atoms with E-state index in [4.69, 9.17) is 9.47 Å². The number of hydrogen-bond donors (Lipinski definition) is 0. The van der Waals surface area contributed by atoms with Crippen LogP contribution in [0.25, 0.3) is 0 Å². The van der Waals surface area contributed by atoms with Gasteiger partial charge in [-0.1, -0.05) is 12.1 Å². The summed E-state index contributed by atoms with van der Waals surface area (Å²) >= 11 is 1.43. The third kappa shape index (κ3) is 3.31. The van der Waals surface area contributed by atoms with Crippen molar-refractivity contribution >= 4 is 17.2 Å². The van der Waals surface area contributed by atoms with E-state index in [1.165, 1.54) is 23.5 Å². The Morgan fingerprint density at radius 1 is 1.32 bits per heavy atom. The molecule has 1 unspecified atom stereocenters. The Bertz CT molecular complexity index is 773. The summed E-state index contributed by atoms with van der Waals surface area (Å²) in [6, 6.07) is 6.46. The third-order valence-electron chi connectivity index (χ3n) is 4.75. The molecule has 2 fully saturated rings. The third-order valence-corrected chi connectivity index (χ3v) is 5.59. The van der Waals surface area contributed by atoms with Crippen LogP contribution in [-0.2, 0) is 15.9 Å². The van der Waals surface area contributed by atoms with Crippen LogP contribution in [0.4, 0.5) is 4.39 Å². The number of amides is 1. The second-order valence-corrected chi connectivity index (χ2v) is 7.41. The molecule has 5 nitrogen and oxygen atoms in total. The zero-order valence-electron chi connectivity index (χ0n) is 13.7. The molecule has 2 aliphatic rings. The predicted octanol–water partition coefficient (Wildman–Crippen LogP) is 2.50. The first-order valence-corrected chi connectivity index (χ1v) is 9.21. The van der Waals surface area contributed by atoms with Gasteiger partial charge in [0.15, 0.2) is 0 Å². The van der Waals surface area contributed by atoms with Gasteiger partial charge in [-0.2, -0.15) is 0 Å². The Hall–Kier alpha value is -1.83. The van der Waals surface area contributed by atoms with Crippen LogP contribution in [0, 0.1) is 5.82 Å². The van der Waals surface area contributed by atoms with Gasteiger partial charge in [-0.15, -0.1) is 11.3 Å². The molecule has 3 heterocycles. The highest BCUT2D eigenvalue weighted by Crippen LogP contribution is 2.31. The van der Waals surface area contributed by atoms with E-state index in [0.29, 0.717) is 45.1 Å². The van der Waals surface area contributed by atoms with Gasteiger partial charge in [0, 0.05) is 25.0 Å². The number of aromatic nitrogens is 1. The van der Waals surface area contributed by atoms with E-state index >= 15 is 0 Å². The SMILES string of the molecule is O=C(c1csc(Cc2cccc(F)c2)n1)N1CCOCC12CCOC2. The summed E-state index contributed by atoms with van der Waals surface area (Å²) < 4.78 is 24.4. The van der Waals surface area contributed by atoms with Gasteiger partial charge in [-0.25, -0.2) is 9.37 Å². The Balaban J connectivity index is 1.52. The summed E-state index contributed by atoms with van der Waals surface area (Å²) in [4.78, 5) is 19.3. The summed E-state index contributed by atoms with van der Waals surface area (Å²) in [6.45, 7) is 2.76. The van der Waals surface area contributed by atoms with Crippen LogP contribution < -0.4 is 0 Å². The van der Waals surface area contributed by atoms with Gasteiger partial charge in [0.25, 0.3) is 5.91 Å². The summed E-state index contributed by atoms with van der Waals surface area (Å²) in [5.41, 5.74) is 0.937. The molecule has 1 atom stereocenters. The number of morpholine rings is 1.